The lowest BCUT2D eigenvalue weighted by atomic mass is 10.2. The van der Waals surface area contributed by atoms with Crippen molar-refractivity contribution in [2.75, 3.05) is 19.6 Å². The smallest absolute Gasteiger partial charge is 0.217 e. The summed E-state index contributed by atoms with van der Waals surface area (Å²) in [6, 6.07) is 0. The lowest BCUT2D eigenvalue weighted by molar-refractivity contribution is -0.119. The predicted molar refractivity (Wildman–Crippen MR) is 82.9 cm³/mol. The van der Waals surface area contributed by atoms with Crippen LogP contribution in [-0.2, 0) is 9.59 Å². The van der Waals surface area contributed by atoms with Gasteiger partial charge in [-0.1, -0.05) is 26.2 Å². The van der Waals surface area contributed by atoms with E-state index in [-0.39, 0.29) is 11.8 Å². The molecule has 0 aromatic rings. The highest BCUT2D eigenvalue weighted by molar-refractivity contribution is 5.74. The van der Waals surface area contributed by atoms with E-state index in [4.69, 9.17) is 17.2 Å². The van der Waals surface area contributed by atoms with E-state index in [2.05, 4.69) is 12.2 Å². The van der Waals surface area contributed by atoms with Gasteiger partial charge in [0, 0.05) is 25.9 Å². The van der Waals surface area contributed by atoms with E-state index in [1.807, 2.05) is 0 Å². The summed E-state index contributed by atoms with van der Waals surface area (Å²) in [5.74, 6) is -0.658. The number of carbonyl (C=O) groups is 2. The number of unbranched alkanes of at least 4 members (excludes halogenated alkanes) is 4. The number of nitrogens with two attached hydrogens (primary N) is 3. The summed E-state index contributed by atoms with van der Waals surface area (Å²) in [6.45, 7) is 5.09. The van der Waals surface area contributed by atoms with Gasteiger partial charge in [-0.2, -0.15) is 0 Å². The molecule has 0 atom stereocenters. The third kappa shape index (κ3) is 25.6. The first-order valence-corrected chi connectivity index (χ1v) is 7.52. The van der Waals surface area contributed by atoms with Crippen molar-refractivity contribution in [1.82, 2.24) is 5.32 Å². The second-order valence-electron chi connectivity index (χ2n) is 4.74. The summed E-state index contributed by atoms with van der Waals surface area (Å²) in [6.07, 6.45) is 7.32. The largest absolute Gasteiger partial charge is 0.370 e. The highest BCUT2D eigenvalue weighted by atomic mass is 16.1. The topological polar surface area (TPSA) is 124 Å². The van der Waals surface area contributed by atoms with E-state index in [9.17, 15) is 9.59 Å². The molecule has 20 heavy (non-hydrogen) atoms. The van der Waals surface area contributed by atoms with Crippen LogP contribution in [0.3, 0.4) is 0 Å². The molecule has 0 aliphatic rings. The molecule has 6 nitrogen and oxygen atoms in total. The number of hydrogen-bond acceptors (Lipinski definition) is 4. The molecule has 0 aromatic carbocycles. The lowest BCUT2D eigenvalue weighted by Gasteiger charge is -2.00. The van der Waals surface area contributed by atoms with E-state index in [1.165, 1.54) is 25.7 Å². The number of primary amides is 2. The van der Waals surface area contributed by atoms with Crippen molar-refractivity contribution in [3.8, 4) is 0 Å². The van der Waals surface area contributed by atoms with Gasteiger partial charge in [-0.3, -0.25) is 9.59 Å². The molecule has 7 N–H and O–H groups in total. The summed E-state index contributed by atoms with van der Waals surface area (Å²) in [7, 11) is 0. The molecule has 0 spiro atoms. The van der Waals surface area contributed by atoms with Crippen molar-refractivity contribution in [3.63, 3.8) is 0 Å². The standard InChI is InChI=1S/C8H20N2.C6H12N2O2/c1-2-3-4-5-7-10-8-6-9;7-5(9)3-1-2-4-6(8)10/h10H,2-9H2,1H3;1-4H2,(H2,7,9)(H2,8,10). The van der Waals surface area contributed by atoms with Crippen LogP contribution >= 0.6 is 0 Å². The van der Waals surface area contributed by atoms with Crippen LogP contribution in [-0.4, -0.2) is 31.4 Å². The molecule has 0 aliphatic heterocycles. The molecule has 0 radical (unpaired) electrons. The summed E-state index contributed by atoms with van der Waals surface area (Å²) in [4.78, 5) is 20.3. The number of amides is 2. The Morgan fingerprint density at radius 1 is 0.850 bits per heavy atom. The van der Waals surface area contributed by atoms with E-state index >= 15 is 0 Å². The van der Waals surface area contributed by atoms with Gasteiger partial charge in [0.15, 0.2) is 0 Å². The third-order valence-corrected chi connectivity index (χ3v) is 2.62. The van der Waals surface area contributed by atoms with E-state index in [1.54, 1.807) is 0 Å². The van der Waals surface area contributed by atoms with Crippen LogP contribution in [0.25, 0.3) is 0 Å². The van der Waals surface area contributed by atoms with Crippen molar-refractivity contribution in [1.29, 1.82) is 0 Å². The van der Waals surface area contributed by atoms with Crippen molar-refractivity contribution < 1.29 is 9.59 Å². The molecule has 0 aromatic heterocycles. The summed E-state index contributed by atoms with van der Waals surface area (Å²) >= 11 is 0. The number of nitrogens with one attached hydrogen (secondary N) is 1. The Labute approximate surface area is 122 Å². The quantitative estimate of drug-likeness (QED) is 0.393. The van der Waals surface area contributed by atoms with Gasteiger partial charge in [0.05, 0.1) is 0 Å². The minimum atomic E-state index is -0.329. The molecule has 0 aliphatic carbocycles. The maximum atomic E-state index is 10.2. The fraction of sp³-hybridized carbons (Fsp3) is 0.857. The average Bonchev–Trinajstić information content (AvgIpc) is 2.39. The molecule has 6 heteroatoms. The molecule has 0 heterocycles. The first-order chi connectivity index (χ1) is 9.54. The van der Waals surface area contributed by atoms with Crippen LogP contribution in [0.2, 0.25) is 0 Å². The Balaban J connectivity index is 0. The van der Waals surface area contributed by atoms with Gasteiger partial charge in [0.1, 0.15) is 0 Å². The summed E-state index contributed by atoms with van der Waals surface area (Å²) in [5.41, 5.74) is 15.0. The van der Waals surface area contributed by atoms with Gasteiger partial charge in [0.2, 0.25) is 11.8 Å². The van der Waals surface area contributed by atoms with Crippen molar-refractivity contribution in [3.05, 3.63) is 0 Å². The normalized spacial score (nSPS) is 9.70. The van der Waals surface area contributed by atoms with Gasteiger partial charge < -0.3 is 22.5 Å². The molecule has 0 bridgehead atoms. The molecule has 120 valence electrons. The zero-order valence-electron chi connectivity index (χ0n) is 12.8. The fourth-order valence-corrected chi connectivity index (χ4v) is 1.50. The number of hydrogen-bond donors (Lipinski definition) is 4. The first kappa shape index (κ1) is 21.2. The molecule has 0 rings (SSSR count). The van der Waals surface area contributed by atoms with Crippen LogP contribution in [0.15, 0.2) is 0 Å². The minimum Gasteiger partial charge on any atom is -0.370 e. The lowest BCUT2D eigenvalue weighted by Crippen LogP contribution is -2.23. The van der Waals surface area contributed by atoms with Crippen molar-refractivity contribution in [2.24, 2.45) is 17.2 Å². The highest BCUT2D eigenvalue weighted by Crippen LogP contribution is 1.97. The molecular weight excluding hydrogens is 256 g/mol. The van der Waals surface area contributed by atoms with E-state index in [0.717, 1.165) is 19.6 Å². The molecular formula is C14H32N4O2. The number of carbonyl (C=O) groups excluding carboxylic acids is 2. The van der Waals surface area contributed by atoms with Crippen molar-refractivity contribution >= 4 is 11.8 Å². The Hall–Kier alpha value is -1.14. The first-order valence-electron chi connectivity index (χ1n) is 7.52. The van der Waals surface area contributed by atoms with Gasteiger partial charge in [-0.15, -0.1) is 0 Å². The van der Waals surface area contributed by atoms with Gasteiger partial charge in [-0.05, 0) is 25.8 Å². The zero-order valence-corrected chi connectivity index (χ0v) is 12.8. The van der Waals surface area contributed by atoms with Crippen molar-refractivity contribution in [2.45, 2.75) is 58.3 Å². The molecule has 0 unspecified atom stereocenters. The second-order valence-corrected chi connectivity index (χ2v) is 4.74. The second kappa shape index (κ2) is 17.9. The Morgan fingerprint density at radius 3 is 1.80 bits per heavy atom. The molecule has 2 amide bonds. The fourth-order valence-electron chi connectivity index (χ4n) is 1.50. The maximum Gasteiger partial charge on any atom is 0.217 e. The van der Waals surface area contributed by atoms with Crippen LogP contribution in [0.5, 0.6) is 0 Å². The Bertz CT molecular complexity index is 211. The highest BCUT2D eigenvalue weighted by Gasteiger charge is 1.96. The Kier molecular flexibility index (Phi) is 18.9. The predicted octanol–water partition coefficient (Wildman–Crippen LogP) is 0.632. The average molecular weight is 288 g/mol. The van der Waals surface area contributed by atoms with Crippen LogP contribution in [0.4, 0.5) is 0 Å². The number of rotatable bonds is 12. The van der Waals surface area contributed by atoms with E-state index in [0.29, 0.717) is 25.7 Å². The SMILES string of the molecule is CCCCCCNCCN.NC(=O)CCCCC(N)=O. The molecule has 0 saturated heterocycles. The molecule has 0 saturated carbocycles. The Morgan fingerprint density at radius 2 is 1.40 bits per heavy atom. The van der Waals surface area contributed by atoms with Crippen LogP contribution in [0.1, 0.15) is 58.3 Å². The summed E-state index contributed by atoms with van der Waals surface area (Å²) < 4.78 is 0. The third-order valence-electron chi connectivity index (χ3n) is 2.62. The zero-order chi connectivity index (χ0) is 15.6. The van der Waals surface area contributed by atoms with Crippen LogP contribution < -0.4 is 22.5 Å². The monoisotopic (exact) mass is 288 g/mol. The minimum absolute atomic E-state index is 0.329. The summed E-state index contributed by atoms with van der Waals surface area (Å²) in [5, 5.41) is 3.27. The van der Waals surface area contributed by atoms with Crippen LogP contribution in [0, 0.1) is 0 Å². The maximum absolute atomic E-state index is 10.2. The molecule has 0 fully saturated rings. The van der Waals surface area contributed by atoms with Gasteiger partial charge in [-0.25, -0.2) is 0 Å². The van der Waals surface area contributed by atoms with Gasteiger partial charge >= 0.3 is 0 Å². The van der Waals surface area contributed by atoms with Gasteiger partial charge in [0.25, 0.3) is 0 Å². The van der Waals surface area contributed by atoms with E-state index < -0.39 is 0 Å².